The van der Waals surface area contributed by atoms with E-state index >= 15 is 0 Å². The summed E-state index contributed by atoms with van der Waals surface area (Å²) in [6.45, 7) is 9.38. The van der Waals surface area contributed by atoms with Gasteiger partial charge >= 0.3 is 0 Å². The lowest BCUT2D eigenvalue weighted by Gasteiger charge is -2.05. The van der Waals surface area contributed by atoms with Crippen molar-refractivity contribution in [1.29, 1.82) is 0 Å². The third-order valence-corrected chi connectivity index (χ3v) is 2.35. The van der Waals surface area contributed by atoms with Gasteiger partial charge in [0.15, 0.2) is 5.82 Å². The van der Waals surface area contributed by atoms with Crippen LogP contribution in [0.5, 0.6) is 0 Å². The number of aryl methyl sites for hydroxylation is 2. The van der Waals surface area contributed by atoms with E-state index in [1.165, 1.54) is 6.42 Å². The largest absolute Gasteiger partial charge is 0.315 e. The summed E-state index contributed by atoms with van der Waals surface area (Å²) in [4.78, 5) is 4.47. The maximum atomic E-state index is 4.47. The van der Waals surface area contributed by atoms with E-state index in [-0.39, 0.29) is 0 Å². The number of hydrogen-bond donors (Lipinski definition) is 1. The fraction of sp³-hybridized carbons (Fsp3) is 0.818. The van der Waals surface area contributed by atoms with Crippen LogP contribution in [0.15, 0.2) is 0 Å². The van der Waals surface area contributed by atoms with Crippen LogP contribution in [0, 0.1) is 0 Å². The van der Waals surface area contributed by atoms with Gasteiger partial charge in [-0.05, 0) is 13.0 Å². The lowest BCUT2D eigenvalue weighted by molar-refractivity contribution is 0.532. The topological polar surface area (TPSA) is 42.7 Å². The van der Waals surface area contributed by atoms with Crippen molar-refractivity contribution in [3.63, 3.8) is 0 Å². The van der Waals surface area contributed by atoms with Crippen molar-refractivity contribution in [2.24, 2.45) is 0 Å². The van der Waals surface area contributed by atoms with Gasteiger partial charge in [0, 0.05) is 19.4 Å². The molecule has 1 N–H and O–H groups in total. The van der Waals surface area contributed by atoms with Gasteiger partial charge in [-0.15, -0.1) is 0 Å². The molecule has 0 unspecified atom stereocenters. The van der Waals surface area contributed by atoms with E-state index in [0.717, 1.165) is 44.1 Å². The molecule has 1 rings (SSSR count). The molecule has 0 aliphatic rings. The van der Waals surface area contributed by atoms with Gasteiger partial charge < -0.3 is 5.32 Å². The molecule has 86 valence electrons. The quantitative estimate of drug-likeness (QED) is 0.692. The second kappa shape index (κ2) is 6.56. The van der Waals surface area contributed by atoms with Crippen molar-refractivity contribution in [3.05, 3.63) is 11.6 Å². The summed E-state index contributed by atoms with van der Waals surface area (Å²) in [5, 5.41) is 7.84. The lowest BCUT2D eigenvalue weighted by atomic mass is 10.4. The van der Waals surface area contributed by atoms with Gasteiger partial charge in [-0.1, -0.05) is 20.8 Å². The van der Waals surface area contributed by atoms with Crippen LogP contribution >= 0.6 is 0 Å². The highest BCUT2D eigenvalue weighted by Gasteiger charge is 2.05. The first-order valence-electron chi connectivity index (χ1n) is 5.95. The van der Waals surface area contributed by atoms with Gasteiger partial charge in [-0.25, -0.2) is 9.67 Å². The van der Waals surface area contributed by atoms with E-state index in [4.69, 9.17) is 0 Å². The van der Waals surface area contributed by atoms with Crippen LogP contribution in [-0.2, 0) is 19.4 Å². The van der Waals surface area contributed by atoms with Crippen LogP contribution in [0.4, 0.5) is 0 Å². The highest BCUT2D eigenvalue weighted by Crippen LogP contribution is 2.00. The van der Waals surface area contributed by atoms with Crippen molar-refractivity contribution in [3.8, 4) is 0 Å². The monoisotopic (exact) mass is 210 g/mol. The Morgan fingerprint density at radius 1 is 1.13 bits per heavy atom. The molecule has 0 saturated carbocycles. The van der Waals surface area contributed by atoms with Gasteiger partial charge in [-0.2, -0.15) is 5.10 Å². The molecule has 0 atom stereocenters. The minimum atomic E-state index is 0.919. The van der Waals surface area contributed by atoms with Crippen LogP contribution in [0.25, 0.3) is 0 Å². The van der Waals surface area contributed by atoms with Crippen LogP contribution in [0.3, 0.4) is 0 Å². The molecule has 4 nitrogen and oxygen atoms in total. The third-order valence-electron chi connectivity index (χ3n) is 2.35. The van der Waals surface area contributed by atoms with Gasteiger partial charge in [0.1, 0.15) is 5.82 Å². The second-order valence-corrected chi connectivity index (χ2v) is 3.62. The molecule has 1 heterocycles. The maximum Gasteiger partial charge on any atom is 0.150 e. The molecular formula is C11H22N4. The van der Waals surface area contributed by atoms with E-state index in [0.29, 0.717) is 0 Å². The molecule has 0 aromatic carbocycles. The van der Waals surface area contributed by atoms with Crippen molar-refractivity contribution in [1.82, 2.24) is 20.1 Å². The number of rotatable bonds is 7. The molecule has 0 saturated heterocycles. The van der Waals surface area contributed by atoms with Crippen molar-refractivity contribution >= 4 is 0 Å². The standard InChI is InChI=1S/C11H22N4/c1-4-7-12-8-9-15-11(6-3)13-10(5-2)14-15/h12H,4-9H2,1-3H3. The second-order valence-electron chi connectivity index (χ2n) is 3.62. The summed E-state index contributed by atoms with van der Waals surface area (Å²) >= 11 is 0. The van der Waals surface area contributed by atoms with Gasteiger partial charge in [0.2, 0.25) is 0 Å². The molecule has 1 aromatic heterocycles. The third kappa shape index (κ3) is 3.63. The Hall–Kier alpha value is -0.900. The Kier molecular flexibility index (Phi) is 5.32. The SMILES string of the molecule is CCCNCCn1nc(CC)nc1CC. The molecule has 0 aliphatic carbocycles. The molecular weight excluding hydrogens is 188 g/mol. The summed E-state index contributed by atoms with van der Waals surface area (Å²) in [5.74, 6) is 2.06. The smallest absolute Gasteiger partial charge is 0.150 e. The summed E-state index contributed by atoms with van der Waals surface area (Å²) in [5.41, 5.74) is 0. The Bertz CT molecular complexity index is 280. The first-order valence-corrected chi connectivity index (χ1v) is 5.95. The molecule has 0 aliphatic heterocycles. The average molecular weight is 210 g/mol. The van der Waals surface area contributed by atoms with Gasteiger partial charge in [-0.3, -0.25) is 0 Å². The summed E-state index contributed by atoms with van der Waals surface area (Å²) in [6, 6.07) is 0. The zero-order valence-corrected chi connectivity index (χ0v) is 10.1. The van der Waals surface area contributed by atoms with E-state index in [9.17, 15) is 0 Å². The molecule has 0 fully saturated rings. The first kappa shape index (κ1) is 12.2. The van der Waals surface area contributed by atoms with Crippen molar-refractivity contribution in [2.75, 3.05) is 13.1 Å². The summed E-state index contributed by atoms with van der Waals surface area (Å²) in [6.07, 6.45) is 3.06. The van der Waals surface area contributed by atoms with Crippen LogP contribution in [0.2, 0.25) is 0 Å². The molecule has 0 spiro atoms. The predicted octanol–water partition coefficient (Wildman–Crippen LogP) is 1.40. The lowest BCUT2D eigenvalue weighted by Crippen LogP contribution is -2.22. The van der Waals surface area contributed by atoms with Crippen LogP contribution in [0.1, 0.15) is 38.8 Å². The van der Waals surface area contributed by atoms with Gasteiger partial charge in [0.05, 0.1) is 6.54 Å². The molecule has 0 amide bonds. The Balaban J connectivity index is 2.47. The predicted molar refractivity (Wildman–Crippen MR) is 61.9 cm³/mol. The zero-order chi connectivity index (χ0) is 11.1. The minimum Gasteiger partial charge on any atom is -0.315 e. The van der Waals surface area contributed by atoms with Gasteiger partial charge in [0.25, 0.3) is 0 Å². The zero-order valence-electron chi connectivity index (χ0n) is 10.1. The average Bonchev–Trinajstić information content (AvgIpc) is 2.67. The molecule has 4 heteroatoms. The van der Waals surface area contributed by atoms with E-state index in [1.807, 2.05) is 4.68 Å². The minimum absolute atomic E-state index is 0.919. The molecule has 0 radical (unpaired) electrons. The Morgan fingerprint density at radius 2 is 1.93 bits per heavy atom. The number of hydrogen-bond acceptors (Lipinski definition) is 3. The molecule has 15 heavy (non-hydrogen) atoms. The highest BCUT2D eigenvalue weighted by atomic mass is 15.3. The summed E-state index contributed by atoms with van der Waals surface area (Å²) in [7, 11) is 0. The Labute approximate surface area is 92.1 Å². The fourth-order valence-corrected chi connectivity index (χ4v) is 1.50. The van der Waals surface area contributed by atoms with Crippen molar-refractivity contribution in [2.45, 2.75) is 46.6 Å². The van der Waals surface area contributed by atoms with E-state index in [2.05, 4.69) is 36.2 Å². The van der Waals surface area contributed by atoms with E-state index in [1.54, 1.807) is 0 Å². The molecule has 1 aromatic rings. The summed E-state index contributed by atoms with van der Waals surface area (Å²) < 4.78 is 2.03. The Morgan fingerprint density at radius 3 is 2.53 bits per heavy atom. The first-order chi connectivity index (χ1) is 7.31. The van der Waals surface area contributed by atoms with Crippen LogP contribution < -0.4 is 5.32 Å². The number of aromatic nitrogens is 3. The normalized spacial score (nSPS) is 10.9. The number of nitrogens with one attached hydrogen (secondary N) is 1. The number of nitrogens with zero attached hydrogens (tertiary/aromatic N) is 3. The van der Waals surface area contributed by atoms with E-state index < -0.39 is 0 Å². The fourth-order valence-electron chi connectivity index (χ4n) is 1.50. The van der Waals surface area contributed by atoms with Crippen LogP contribution in [-0.4, -0.2) is 27.9 Å². The maximum absolute atomic E-state index is 4.47. The highest BCUT2D eigenvalue weighted by molar-refractivity contribution is 4.92. The molecule has 0 bridgehead atoms. The van der Waals surface area contributed by atoms with Crippen molar-refractivity contribution < 1.29 is 0 Å².